The van der Waals surface area contributed by atoms with E-state index in [4.69, 9.17) is 10.00 Å². The molecule has 0 unspecified atom stereocenters. The minimum atomic E-state index is -0.0860. The Morgan fingerprint density at radius 2 is 1.86 bits per heavy atom. The molecule has 0 aromatic heterocycles. The van der Waals surface area contributed by atoms with Crippen LogP contribution in [0.2, 0.25) is 0 Å². The lowest BCUT2D eigenvalue weighted by atomic mass is 9.98. The van der Waals surface area contributed by atoms with Crippen LogP contribution in [-0.4, -0.2) is 29.9 Å². The van der Waals surface area contributed by atoms with E-state index in [1.165, 1.54) is 4.90 Å². The molecule has 5 nitrogen and oxygen atoms in total. The largest absolute Gasteiger partial charge is 0.494 e. The summed E-state index contributed by atoms with van der Waals surface area (Å²) in [5.41, 5.74) is 0.584. The summed E-state index contributed by atoms with van der Waals surface area (Å²) in [7, 11) is 0. The van der Waals surface area contributed by atoms with Gasteiger partial charge in [-0.25, -0.2) is 0 Å². The van der Waals surface area contributed by atoms with E-state index < -0.39 is 0 Å². The molecule has 1 aromatic carbocycles. The van der Waals surface area contributed by atoms with Crippen LogP contribution in [0.5, 0.6) is 5.75 Å². The molecule has 0 radical (unpaired) electrons. The van der Waals surface area contributed by atoms with E-state index in [-0.39, 0.29) is 17.7 Å². The maximum absolute atomic E-state index is 11.8. The van der Waals surface area contributed by atoms with Gasteiger partial charge in [0, 0.05) is 19.4 Å². The molecule has 110 valence electrons. The zero-order valence-corrected chi connectivity index (χ0v) is 12.0. The average Bonchev–Trinajstić information content (AvgIpc) is 2.46. The number of rotatable bonds is 5. The van der Waals surface area contributed by atoms with Gasteiger partial charge in [0.1, 0.15) is 5.75 Å². The van der Waals surface area contributed by atoms with Crippen LogP contribution in [0, 0.1) is 17.2 Å². The molecule has 0 N–H and O–H groups in total. The van der Waals surface area contributed by atoms with E-state index >= 15 is 0 Å². The molecule has 5 heteroatoms. The number of amides is 2. The first kappa shape index (κ1) is 15.0. The van der Waals surface area contributed by atoms with E-state index in [9.17, 15) is 9.59 Å². The quantitative estimate of drug-likeness (QED) is 0.614. The van der Waals surface area contributed by atoms with Crippen molar-refractivity contribution >= 4 is 11.8 Å². The van der Waals surface area contributed by atoms with Gasteiger partial charge < -0.3 is 4.74 Å². The summed E-state index contributed by atoms with van der Waals surface area (Å²) in [6.07, 6.45) is 1.50. The Hall–Kier alpha value is -2.35. The summed E-state index contributed by atoms with van der Waals surface area (Å²) in [6.45, 7) is 2.75. The number of hydrogen-bond donors (Lipinski definition) is 0. The van der Waals surface area contributed by atoms with Crippen LogP contribution < -0.4 is 4.74 Å². The Bertz CT molecular complexity index is 542. The maximum atomic E-state index is 11.8. The molecule has 0 aliphatic carbocycles. The lowest BCUT2D eigenvalue weighted by Crippen LogP contribution is -2.43. The SMILES string of the molecule is CC1CC(=O)N(CCCOc2ccc(C#N)cc2)C(=O)C1. The second kappa shape index (κ2) is 6.89. The Morgan fingerprint density at radius 3 is 2.43 bits per heavy atom. The highest BCUT2D eigenvalue weighted by Gasteiger charge is 2.29. The Balaban J connectivity index is 1.75. The van der Waals surface area contributed by atoms with Gasteiger partial charge in [-0.1, -0.05) is 6.92 Å². The average molecular weight is 286 g/mol. The second-order valence-electron chi connectivity index (χ2n) is 5.29. The van der Waals surface area contributed by atoms with Crippen LogP contribution in [0.3, 0.4) is 0 Å². The molecule has 1 heterocycles. The zero-order chi connectivity index (χ0) is 15.2. The number of imide groups is 1. The van der Waals surface area contributed by atoms with Gasteiger partial charge in [0.25, 0.3) is 0 Å². The zero-order valence-electron chi connectivity index (χ0n) is 12.0. The summed E-state index contributed by atoms with van der Waals surface area (Å²) >= 11 is 0. The number of nitriles is 1. The number of nitrogens with zero attached hydrogens (tertiary/aromatic N) is 2. The van der Waals surface area contributed by atoms with Gasteiger partial charge in [-0.3, -0.25) is 14.5 Å². The number of likely N-dealkylation sites (tertiary alicyclic amines) is 1. The standard InChI is InChI=1S/C16H18N2O3/c1-12-9-15(19)18(16(20)10-12)7-2-8-21-14-5-3-13(11-17)4-6-14/h3-6,12H,2,7-10H2,1H3. The minimum absolute atomic E-state index is 0.0860. The van der Waals surface area contributed by atoms with Gasteiger partial charge in [0.15, 0.2) is 0 Å². The predicted molar refractivity (Wildman–Crippen MR) is 76.4 cm³/mol. The first-order chi connectivity index (χ1) is 10.1. The lowest BCUT2D eigenvalue weighted by molar-refractivity contribution is -0.149. The van der Waals surface area contributed by atoms with E-state index in [1.807, 2.05) is 13.0 Å². The molecule has 1 aliphatic heterocycles. The Morgan fingerprint density at radius 1 is 1.24 bits per heavy atom. The van der Waals surface area contributed by atoms with Crippen molar-refractivity contribution in [1.82, 2.24) is 4.90 Å². The van der Waals surface area contributed by atoms with Crippen LogP contribution in [0.1, 0.15) is 31.7 Å². The third-order valence-electron chi connectivity index (χ3n) is 3.43. The van der Waals surface area contributed by atoms with Gasteiger partial charge in [-0.15, -0.1) is 0 Å². The van der Waals surface area contributed by atoms with Gasteiger partial charge in [-0.05, 0) is 36.6 Å². The van der Waals surface area contributed by atoms with Crippen molar-refractivity contribution in [3.05, 3.63) is 29.8 Å². The van der Waals surface area contributed by atoms with Crippen molar-refractivity contribution in [1.29, 1.82) is 5.26 Å². The molecule has 2 amide bonds. The van der Waals surface area contributed by atoms with Crippen molar-refractivity contribution in [3.63, 3.8) is 0 Å². The molecular formula is C16H18N2O3. The number of carbonyl (C=O) groups excluding carboxylic acids is 2. The summed E-state index contributed by atoms with van der Waals surface area (Å²) in [5.74, 6) is 0.657. The highest BCUT2D eigenvalue weighted by Crippen LogP contribution is 2.19. The van der Waals surface area contributed by atoms with E-state index in [0.717, 1.165) is 0 Å². The molecule has 1 fully saturated rings. The highest BCUT2D eigenvalue weighted by atomic mass is 16.5. The fourth-order valence-corrected chi connectivity index (χ4v) is 2.32. The van der Waals surface area contributed by atoms with E-state index in [0.29, 0.717) is 43.7 Å². The molecule has 21 heavy (non-hydrogen) atoms. The van der Waals surface area contributed by atoms with Gasteiger partial charge in [0.05, 0.1) is 18.2 Å². The van der Waals surface area contributed by atoms with Crippen molar-refractivity contribution in [2.24, 2.45) is 5.92 Å². The summed E-state index contributed by atoms with van der Waals surface area (Å²) in [5, 5.41) is 8.69. The van der Waals surface area contributed by atoms with Gasteiger partial charge >= 0.3 is 0 Å². The number of carbonyl (C=O) groups is 2. The van der Waals surface area contributed by atoms with Crippen LogP contribution in [0.25, 0.3) is 0 Å². The summed E-state index contributed by atoms with van der Waals surface area (Å²) in [6, 6.07) is 8.89. The molecule has 1 saturated heterocycles. The van der Waals surface area contributed by atoms with Crippen molar-refractivity contribution < 1.29 is 14.3 Å². The maximum Gasteiger partial charge on any atom is 0.229 e. The van der Waals surface area contributed by atoms with Crippen molar-refractivity contribution in [3.8, 4) is 11.8 Å². The lowest BCUT2D eigenvalue weighted by Gasteiger charge is -2.28. The smallest absolute Gasteiger partial charge is 0.229 e. The van der Waals surface area contributed by atoms with Crippen LogP contribution in [0.4, 0.5) is 0 Å². The Labute approximate surface area is 124 Å². The predicted octanol–water partition coefficient (Wildman–Crippen LogP) is 2.11. The number of ether oxygens (including phenoxy) is 1. The number of hydrogen-bond acceptors (Lipinski definition) is 4. The van der Waals surface area contributed by atoms with E-state index in [2.05, 4.69) is 0 Å². The van der Waals surface area contributed by atoms with Crippen molar-refractivity contribution in [2.75, 3.05) is 13.2 Å². The minimum Gasteiger partial charge on any atom is -0.494 e. The monoisotopic (exact) mass is 286 g/mol. The molecule has 0 bridgehead atoms. The van der Waals surface area contributed by atoms with Crippen molar-refractivity contribution in [2.45, 2.75) is 26.2 Å². The molecule has 2 rings (SSSR count). The van der Waals surface area contributed by atoms with Crippen LogP contribution in [-0.2, 0) is 9.59 Å². The third-order valence-corrected chi connectivity index (χ3v) is 3.43. The second-order valence-corrected chi connectivity index (χ2v) is 5.29. The molecule has 0 saturated carbocycles. The highest BCUT2D eigenvalue weighted by molar-refractivity contribution is 5.97. The van der Waals surface area contributed by atoms with Crippen LogP contribution >= 0.6 is 0 Å². The summed E-state index contributed by atoms with van der Waals surface area (Å²) in [4.78, 5) is 24.9. The molecule has 1 aliphatic rings. The van der Waals surface area contributed by atoms with Crippen LogP contribution in [0.15, 0.2) is 24.3 Å². The molecular weight excluding hydrogens is 268 g/mol. The third kappa shape index (κ3) is 4.06. The topological polar surface area (TPSA) is 70.4 Å². The normalized spacial score (nSPS) is 15.9. The Kier molecular flexibility index (Phi) is 4.94. The first-order valence-electron chi connectivity index (χ1n) is 7.06. The fraction of sp³-hybridized carbons (Fsp3) is 0.438. The molecule has 0 spiro atoms. The van der Waals surface area contributed by atoms with E-state index in [1.54, 1.807) is 24.3 Å². The number of piperidine rings is 1. The first-order valence-corrected chi connectivity index (χ1v) is 7.06. The summed E-state index contributed by atoms with van der Waals surface area (Å²) < 4.78 is 5.53. The fourth-order valence-electron chi connectivity index (χ4n) is 2.32. The number of benzene rings is 1. The van der Waals surface area contributed by atoms with Gasteiger partial charge in [-0.2, -0.15) is 5.26 Å². The molecule has 0 atom stereocenters. The molecule has 1 aromatic rings. The van der Waals surface area contributed by atoms with Gasteiger partial charge in [0.2, 0.25) is 11.8 Å².